The molecule has 1 saturated carbocycles. The summed E-state index contributed by atoms with van der Waals surface area (Å²) >= 11 is 3.21. The van der Waals surface area contributed by atoms with Crippen LogP contribution in [0.3, 0.4) is 0 Å². The zero-order valence-corrected chi connectivity index (χ0v) is 15.3. The topological polar surface area (TPSA) is 54.9 Å². The van der Waals surface area contributed by atoms with Gasteiger partial charge >= 0.3 is 0 Å². The van der Waals surface area contributed by atoms with E-state index in [9.17, 15) is 4.79 Å². The van der Waals surface area contributed by atoms with Gasteiger partial charge in [0.05, 0.1) is 15.5 Å². The molecule has 0 bridgehead atoms. The van der Waals surface area contributed by atoms with Gasteiger partial charge in [-0.15, -0.1) is 11.3 Å². The monoisotopic (exact) mass is 349 g/mol. The van der Waals surface area contributed by atoms with Crippen molar-refractivity contribution >= 4 is 39.2 Å². The average molecular weight is 350 g/mol. The molecule has 1 amide bonds. The Bertz CT molecular complexity index is 665. The second-order valence-corrected chi connectivity index (χ2v) is 8.49. The Hall–Kier alpha value is -1.14. The van der Waals surface area contributed by atoms with Crippen molar-refractivity contribution in [2.75, 3.05) is 0 Å². The van der Waals surface area contributed by atoms with Crippen LogP contribution >= 0.6 is 23.1 Å². The van der Waals surface area contributed by atoms with Crippen LogP contribution in [0.2, 0.25) is 0 Å². The van der Waals surface area contributed by atoms with Crippen molar-refractivity contribution in [1.82, 2.24) is 15.3 Å². The highest BCUT2D eigenvalue weighted by Gasteiger charge is 2.27. The molecule has 1 aliphatic rings. The van der Waals surface area contributed by atoms with E-state index in [4.69, 9.17) is 0 Å². The third-order valence-electron chi connectivity index (χ3n) is 4.26. The van der Waals surface area contributed by atoms with Gasteiger partial charge in [-0.25, -0.2) is 9.97 Å². The molecule has 23 heavy (non-hydrogen) atoms. The van der Waals surface area contributed by atoms with Gasteiger partial charge in [-0.2, -0.15) is 0 Å². The molecule has 1 fully saturated rings. The molecule has 124 valence electrons. The molecule has 0 saturated heterocycles. The number of thioether (sulfide) groups is 1. The van der Waals surface area contributed by atoms with Gasteiger partial charge < -0.3 is 5.32 Å². The van der Waals surface area contributed by atoms with Gasteiger partial charge in [0.15, 0.2) is 0 Å². The number of amides is 1. The fourth-order valence-corrected chi connectivity index (χ4v) is 5.02. The van der Waals surface area contributed by atoms with Crippen molar-refractivity contribution < 1.29 is 4.79 Å². The highest BCUT2D eigenvalue weighted by molar-refractivity contribution is 8.00. The highest BCUT2D eigenvalue weighted by Crippen LogP contribution is 2.34. The fraction of sp³-hybridized carbons (Fsp3) is 0.588. The number of aromatic nitrogens is 2. The first-order valence-electron chi connectivity index (χ1n) is 8.30. The summed E-state index contributed by atoms with van der Waals surface area (Å²) in [7, 11) is 0. The van der Waals surface area contributed by atoms with Gasteiger partial charge in [0.1, 0.15) is 11.4 Å². The SMILES string of the molecule is CC(C)C(Sc1ncnc2ccsc12)C(=O)NC1CCCCC1. The molecule has 2 heterocycles. The summed E-state index contributed by atoms with van der Waals surface area (Å²) in [5, 5.41) is 6.09. The molecule has 0 aromatic carbocycles. The summed E-state index contributed by atoms with van der Waals surface area (Å²) in [5.74, 6) is 0.411. The van der Waals surface area contributed by atoms with E-state index in [2.05, 4.69) is 29.1 Å². The van der Waals surface area contributed by atoms with Gasteiger partial charge in [0.2, 0.25) is 5.91 Å². The molecule has 1 N–H and O–H groups in total. The predicted molar refractivity (Wildman–Crippen MR) is 96.9 cm³/mol. The minimum Gasteiger partial charge on any atom is -0.352 e. The number of nitrogens with one attached hydrogen (secondary N) is 1. The predicted octanol–water partition coefficient (Wildman–Crippen LogP) is 4.26. The van der Waals surface area contributed by atoms with E-state index in [-0.39, 0.29) is 17.1 Å². The van der Waals surface area contributed by atoms with Crippen LogP contribution < -0.4 is 5.32 Å². The van der Waals surface area contributed by atoms with Crippen molar-refractivity contribution in [3.63, 3.8) is 0 Å². The summed E-state index contributed by atoms with van der Waals surface area (Å²) in [6, 6.07) is 2.35. The summed E-state index contributed by atoms with van der Waals surface area (Å²) in [6.45, 7) is 4.20. The maximum absolute atomic E-state index is 12.8. The Morgan fingerprint density at radius 2 is 2.09 bits per heavy atom. The number of hydrogen-bond donors (Lipinski definition) is 1. The zero-order valence-electron chi connectivity index (χ0n) is 13.6. The Kier molecular flexibility index (Phi) is 5.54. The van der Waals surface area contributed by atoms with E-state index < -0.39 is 0 Å². The molecular weight excluding hydrogens is 326 g/mol. The van der Waals surface area contributed by atoms with Crippen LogP contribution in [0.4, 0.5) is 0 Å². The normalized spacial score (nSPS) is 17.5. The first kappa shape index (κ1) is 16.7. The molecule has 2 aromatic rings. The molecule has 1 atom stereocenters. The summed E-state index contributed by atoms with van der Waals surface area (Å²) < 4.78 is 1.08. The minimum absolute atomic E-state index is 0.114. The molecule has 0 spiro atoms. The number of hydrogen-bond acceptors (Lipinski definition) is 5. The molecule has 4 nitrogen and oxygen atoms in total. The zero-order chi connectivity index (χ0) is 16.2. The number of rotatable bonds is 5. The van der Waals surface area contributed by atoms with Crippen LogP contribution in [0.5, 0.6) is 0 Å². The van der Waals surface area contributed by atoms with E-state index in [1.54, 1.807) is 29.4 Å². The largest absolute Gasteiger partial charge is 0.352 e. The van der Waals surface area contributed by atoms with Crippen LogP contribution in [0.15, 0.2) is 22.8 Å². The Morgan fingerprint density at radius 1 is 1.30 bits per heavy atom. The lowest BCUT2D eigenvalue weighted by Gasteiger charge is -2.26. The Labute approximate surface area is 145 Å². The lowest BCUT2D eigenvalue weighted by molar-refractivity contribution is -0.122. The van der Waals surface area contributed by atoms with E-state index in [0.717, 1.165) is 28.1 Å². The second-order valence-electron chi connectivity index (χ2n) is 6.44. The lowest BCUT2D eigenvalue weighted by atomic mass is 9.95. The van der Waals surface area contributed by atoms with Gasteiger partial charge in [-0.3, -0.25) is 4.79 Å². The van der Waals surface area contributed by atoms with Crippen molar-refractivity contribution in [3.05, 3.63) is 17.8 Å². The maximum atomic E-state index is 12.8. The Balaban J connectivity index is 1.73. The molecule has 0 aliphatic heterocycles. The molecule has 3 rings (SSSR count). The first-order valence-corrected chi connectivity index (χ1v) is 10.1. The third kappa shape index (κ3) is 4.04. The lowest BCUT2D eigenvalue weighted by Crippen LogP contribution is -2.42. The van der Waals surface area contributed by atoms with Crippen LogP contribution in [-0.4, -0.2) is 27.2 Å². The molecular formula is C17H23N3OS2. The summed E-state index contributed by atoms with van der Waals surface area (Å²) in [4.78, 5) is 21.5. The van der Waals surface area contributed by atoms with Crippen LogP contribution in [-0.2, 0) is 4.79 Å². The molecule has 0 radical (unpaired) electrons. The van der Waals surface area contributed by atoms with Gasteiger partial charge in [-0.05, 0) is 30.2 Å². The van der Waals surface area contributed by atoms with E-state index >= 15 is 0 Å². The molecule has 6 heteroatoms. The highest BCUT2D eigenvalue weighted by atomic mass is 32.2. The number of carbonyl (C=O) groups excluding carboxylic acids is 1. The standard InChI is InChI=1S/C17H23N3OS2/c1-11(2)14(16(21)20-12-6-4-3-5-7-12)23-17-15-13(8-9-22-15)18-10-19-17/h8-12,14H,3-7H2,1-2H3,(H,20,21). The van der Waals surface area contributed by atoms with Crippen molar-refractivity contribution in [2.45, 2.75) is 62.3 Å². The summed E-state index contributed by atoms with van der Waals surface area (Å²) in [5.41, 5.74) is 0.961. The molecule has 1 aliphatic carbocycles. The van der Waals surface area contributed by atoms with Crippen molar-refractivity contribution in [2.24, 2.45) is 5.92 Å². The number of thiophene rings is 1. The number of fused-ring (bicyclic) bond motifs is 1. The molecule has 2 aromatic heterocycles. The van der Waals surface area contributed by atoms with Crippen LogP contribution in [0.25, 0.3) is 10.2 Å². The average Bonchev–Trinajstić information content (AvgIpc) is 3.02. The minimum atomic E-state index is -0.114. The van der Waals surface area contributed by atoms with E-state index in [1.165, 1.54) is 19.3 Å². The first-order chi connectivity index (χ1) is 11.1. The number of nitrogens with zero attached hydrogens (tertiary/aromatic N) is 2. The summed E-state index contributed by atoms with van der Waals surface area (Å²) in [6.07, 6.45) is 7.58. The van der Waals surface area contributed by atoms with Crippen molar-refractivity contribution in [3.8, 4) is 0 Å². The smallest absolute Gasteiger partial charge is 0.234 e. The van der Waals surface area contributed by atoms with Gasteiger partial charge in [-0.1, -0.05) is 44.9 Å². The van der Waals surface area contributed by atoms with Crippen LogP contribution in [0, 0.1) is 5.92 Å². The maximum Gasteiger partial charge on any atom is 0.234 e. The Morgan fingerprint density at radius 3 is 2.83 bits per heavy atom. The van der Waals surface area contributed by atoms with Crippen molar-refractivity contribution in [1.29, 1.82) is 0 Å². The van der Waals surface area contributed by atoms with E-state index in [1.807, 2.05) is 11.4 Å². The second kappa shape index (κ2) is 7.62. The van der Waals surface area contributed by atoms with Gasteiger partial charge in [0.25, 0.3) is 0 Å². The van der Waals surface area contributed by atoms with Crippen LogP contribution in [0.1, 0.15) is 46.0 Å². The third-order valence-corrected chi connectivity index (χ3v) is 6.85. The molecule has 1 unspecified atom stereocenters. The van der Waals surface area contributed by atoms with Gasteiger partial charge in [0, 0.05) is 6.04 Å². The quantitative estimate of drug-likeness (QED) is 0.647. The number of carbonyl (C=O) groups is 1. The van der Waals surface area contributed by atoms with E-state index in [0.29, 0.717) is 6.04 Å². The fourth-order valence-electron chi connectivity index (χ4n) is 2.99.